The molecule has 0 bridgehead atoms. The molecule has 5 atom stereocenters. The fraction of sp³-hybridized carbons (Fsp3) is 0.765. The van der Waals surface area contributed by atoms with E-state index in [2.05, 4.69) is 32.1 Å². The second kappa shape index (κ2) is 4.75. The van der Waals surface area contributed by atoms with Crippen LogP contribution in [0.15, 0.2) is 23.8 Å². The van der Waals surface area contributed by atoms with Crippen LogP contribution in [0.25, 0.3) is 0 Å². The molecular formula is C17H26O2. The monoisotopic (exact) mass is 262 g/mol. The lowest BCUT2D eigenvalue weighted by Gasteiger charge is -2.35. The number of methoxy groups -OCH3 is 2. The van der Waals surface area contributed by atoms with E-state index in [-0.39, 0.29) is 0 Å². The molecule has 19 heavy (non-hydrogen) atoms. The minimum atomic E-state index is 0.291. The average Bonchev–Trinajstić information content (AvgIpc) is 2.66. The number of fused-ring (bicyclic) bond motifs is 3. The highest BCUT2D eigenvalue weighted by atomic mass is 16.5. The Morgan fingerprint density at radius 1 is 1.05 bits per heavy atom. The van der Waals surface area contributed by atoms with Gasteiger partial charge in [0.15, 0.2) is 0 Å². The predicted octanol–water partition coefficient (Wildman–Crippen LogP) is 3.58. The maximum absolute atomic E-state index is 5.57. The number of hydrogen-bond donors (Lipinski definition) is 0. The van der Waals surface area contributed by atoms with Crippen LogP contribution in [-0.4, -0.2) is 26.4 Å². The molecule has 3 aliphatic carbocycles. The van der Waals surface area contributed by atoms with Crippen molar-refractivity contribution in [1.29, 1.82) is 0 Å². The van der Waals surface area contributed by atoms with E-state index < -0.39 is 0 Å². The molecule has 2 heteroatoms. The second-order valence-corrected chi connectivity index (χ2v) is 6.92. The van der Waals surface area contributed by atoms with E-state index in [0.717, 1.165) is 12.3 Å². The van der Waals surface area contributed by atoms with E-state index in [1.807, 2.05) is 14.2 Å². The predicted molar refractivity (Wildman–Crippen MR) is 76.9 cm³/mol. The van der Waals surface area contributed by atoms with Crippen molar-refractivity contribution in [3.63, 3.8) is 0 Å². The first-order valence-corrected chi connectivity index (χ1v) is 7.53. The topological polar surface area (TPSA) is 18.5 Å². The third-order valence-corrected chi connectivity index (χ3v) is 5.76. The molecule has 1 fully saturated rings. The molecule has 0 amide bonds. The van der Waals surface area contributed by atoms with Gasteiger partial charge in [-0.3, -0.25) is 0 Å². The van der Waals surface area contributed by atoms with E-state index in [1.54, 1.807) is 5.57 Å². The molecular weight excluding hydrogens is 236 g/mol. The Bertz CT molecular complexity index is 407. The van der Waals surface area contributed by atoms with Gasteiger partial charge in [0.1, 0.15) is 0 Å². The zero-order valence-corrected chi connectivity index (χ0v) is 12.6. The first-order chi connectivity index (χ1) is 9.07. The Balaban J connectivity index is 1.96. The van der Waals surface area contributed by atoms with Gasteiger partial charge in [-0.1, -0.05) is 37.6 Å². The van der Waals surface area contributed by atoms with Gasteiger partial charge in [-0.05, 0) is 42.4 Å². The molecule has 3 rings (SSSR count). The highest BCUT2D eigenvalue weighted by Crippen LogP contribution is 2.60. The third-order valence-electron chi connectivity index (χ3n) is 5.76. The highest BCUT2D eigenvalue weighted by Gasteiger charge is 2.53. The van der Waals surface area contributed by atoms with Gasteiger partial charge in [-0.25, -0.2) is 0 Å². The fourth-order valence-corrected chi connectivity index (χ4v) is 4.65. The molecule has 1 saturated carbocycles. The highest BCUT2D eigenvalue weighted by molar-refractivity contribution is 5.31. The van der Waals surface area contributed by atoms with Crippen LogP contribution in [0, 0.1) is 23.2 Å². The quantitative estimate of drug-likeness (QED) is 0.708. The van der Waals surface area contributed by atoms with E-state index in [0.29, 0.717) is 29.5 Å². The smallest absolute Gasteiger partial charge is 0.0758 e. The number of hydrogen-bond acceptors (Lipinski definition) is 2. The molecule has 0 aliphatic heterocycles. The van der Waals surface area contributed by atoms with Gasteiger partial charge in [-0.2, -0.15) is 0 Å². The summed E-state index contributed by atoms with van der Waals surface area (Å²) in [6.07, 6.45) is 11.3. The molecule has 0 aromatic rings. The van der Waals surface area contributed by atoms with Crippen molar-refractivity contribution >= 4 is 0 Å². The minimum absolute atomic E-state index is 0.291. The van der Waals surface area contributed by atoms with E-state index in [4.69, 9.17) is 9.47 Å². The average molecular weight is 262 g/mol. The summed E-state index contributed by atoms with van der Waals surface area (Å²) >= 11 is 0. The Hall–Kier alpha value is -0.600. The Morgan fingerprint density at radius 2 is 1.79 bits per heavy atom. The SMILES string of the molecule is COC1C=C2C3CC(OC)C=CC3C(C)(C)C2CC1. The van der Waals surface area contributed by atoms with Crippen LogP contribution in [0.3, 0.4) is 0 Å². The molecule has 106 valence electrons. The first-order valence-electron chi connectivity index (χ1n) is 7.53. The van der Waals surface area contributed by atoms with Crippen LogP contribution in [-0.2, 0) is 9.47 Å². The summed E-state index contributed by atoms with van der Waals surface area (Å²) in [5.41, 5.74) is 2.03. The van der Waals surface area contributed by atoms with Crippen molar-refractivity contribution in [3.8, 4) is 0 Å². The normalized spacial score (nSPS) is 43.6. The lowest BCUT2D eigenvalue weighted by Crippen LogP contribution is -2.29. The summed E-state index contributed by atoms with van der Waals surface area (Å²) in [5.74, 6) is 2.06. The van der Waals surface area contributed by atoms with Crippen LogP contribution < -0.4 is 0 Å². The van der Waals surface area contributed by atoms with Crippen molar-refractivity contribution in [3.05, 3.63) is 23.8 Å². The largest absolute Gasteiger partial charge is 0.377 e. The summed E-state index contributed by atoms with van der Waals surface area (Å²) in [5, 5.41) is 0. The summed E-state index contributed by atoms with van der Waals surface area (Å²) in [7, 11) is 3.65. The Morgan fingerprint density at radius 3 is 2.47 bits per heavy atom. The molecule has 2 nitrogen and oxygen atoms in total. The lowest BCUT2D eigenvalue weighted by atomic mass is 9.70. The maximum atomic E-state index is 5.57. The van der Waals surface area contributed by atoms with Crippen LogP contribution in [0.4, 0.5) is 0 Å². The minimum Gasteiger partial charge on any atom is -0.377 e. The maximum Gasteiger partial charge on any atom is 0.0758 e. The van der Waals surface area contributed by atoms with Crippen molar-refractivity contribution in [2.75, 3.05) is 14.2 Å². The molecule has 0 N–H and O–H groups in total. The molecule has 0 aromatic heterocycles. The standard InChI is InChI=1S/C17H26O2/c1-17(2)15-7-5-11(18-3)9-13(15)14-10-12(19-4)6-8-16(14)17/h5,7,10-13,15-16H,6,8-9H2,1-4H3. The molecule has 0 aromatic carbocycles. The van der Waals surface area contributed by atoms with Crippen molar-refractivity contribution in [1.82, 2.24) is 0 Å². The van der Waals surface area contributed by atoms with Gasteiger partial charge >= 0.3 is 0 Å². The van der Waals surface area contributed by atoms with Crippen LogP contribution in [0.2, 0.25) is 0 Å². The van der Waals surface area contributed by atoms with Gasteiger partial charge in [0.25, 0.3) is 0 Å². The van der Waals surface area contributed by atoms with E-state index in [1.165, 1.54) is 12.8 Å². The summed E-state index contributed by atoms with van der Waals surface area (Å²) in [6.45, 7) is 4.89. The molecule has 0 spiro atoms. The zero-order chi connectivity index (χ0) is 13.6. The zero-order valence-electron chi connectivity index (χ0n) is 12.6. The van der Waals surface area contributed by atoms with Crippen molar-refractivity contribution < 1.29 is 9.47 Å². The lowest BCUT2D eigenvalue weighted by molar-refractivity contribution is 0.0959. The van der Waals surface area contributed by atoms with Gasteiger partial charge in [-0.15, -0.1) is 0 Å². The van der Waals surface area contributed by atoms with Crippen LogP contribution >= 0.6 is 0 Å². The van der Waals surface area contributed by atoms with Gasteiger partial charge in [0, 0.05) is 14.2 Å². The third kappa shape index (κ3) is 2.00. The Kier molecular flexibility index (Phi) is 3.34. The van der Waals surface area contributed by atoms with Crippen LogP contribution in [0.5, 0.6) is 0 Å². The summed E-state index contributed by atoms with van der Waals surface area (Å²) in [4.78, 5) is 0. The molecule has 0 heterocycles. The van der Waals surface area contributed by atoms with Crippen LogP contribution in [0.1, 0.15) is 33.1 Å². The number of ether oxygens (including phenoxy) is 2. The molecule has 0 radical (unpaired) electrons. The summed E-state index contributed by atoms with van der Waals surface area (Å²) < 4.78 is 11.1. The first kappa shape index (κ1) is 13.4. The molecule has 3 aliphatic rings. The number of rotatable bonds is 2. The molecule has 0 saturated heterocycles. The molecule has 5 unspecified atom stereocenters. The van der Waals surface area contributed by atoms with Gasteiger partial charge in [0.2, 0.25) is 0 Å². The second-order valence-electron chi connectivity index (χ2n) is 6.92. The Labute approximate surface area is 116 Å². The van der Waals surface area contributed by atoms with E-state index >= 15 is 0 Å². The number of allylic oxidation sites excluding steroid dienone is 2. The van der Waals surface area contributed by atoms with Crippen molar-refractivity contribution in [2.24, 2.45) is 23.2 Å². The summed E-state index contributed by atoms with van der Waals surface area (Å²) in [6, 6.07) is 0. The van der Waals surface area contributed by atoms with Gasteiger partial charge < -0.3 is 9.47 Å². The fourth-order valence-electron chi connectivity index (χ4n) is 4.65. The van der Waals surface area contributed by atoms with Gasteiger partial charge in [0.05, 0.1) is 12.2 Å². The van der Waals surface area contributed by atoms with Crippen molar-refractivity contribution in [2.45, 2.75) is 45.3 Å². The van der Waals surface area contributed by atoms with E-state index in [9.17, 15) is 0 Å².